The fraction of sp³-hybridized carbons (Fsp3) is 0.333. The summed E-state index contributed by atoms with van der Waals surface area (Å²) in [6.45, 7) is 7.24. The van der Waals surface area contributed by atoms with Crippen LogP contribution in [0.15, 0.2) is 42.5 Å². The summed E-state index contributed by atoms with van der Waals surface area (Å²) >= 11 is 5.98. The van der Waals surface area contributed by atoms with Crippen LogP contribution >= 0.6 is 11.6 Å². The maximum atomic E-state index is 12.6. The van der Waals surface area contributed by atoms with Gasteiger partial charge in [-0.05, 0) is 49.2 Å². The van der Waals surface area contributed by atoms with Crippen molar-refractivity contribution in [1.82, 2.24) is 4.90 Å². The highest BCUT2D eigenvalue weighted by Crippen LogP contribution is 2.17. The molecule has 2 aromatic carbocycles. The van der Waals surface area contributed by atoms with Gasteiger partial charge in [0.2, 0.25) is 0 Å². The van der Waals surface area contributed by atoms with E-state index in [1.807, 2.05) is 36.9 Å². The smallest absolute Gasteiger partial charge is 0.279 e. The van der Waals surface area contributed by atoms with Gasteiger partial charge in [0.15, 0.2) is 6.54 Å². The Hall–Kier alpha value is -2.37. The second kappa shape index (κ2) is 8.55. The van der Waals surface area contributed by atoms with Crippen LogP contribution in [0.1, 0.15) is 21.5 Å². The highest BCUT2D eigenvalue weighted by Gasteiger charge is 2.26. The van der Waals surface area contributed by atoms with Crippen LogP contribution in [0.25, 0.3) is 0 Å². The summed E-state index contributed by atoms with van der Waals surface area (Å²) in [4.78, 5) is 28.0. The molecule has 142 valence electrons. The van der Waals surface area contributed by atoms with Crippen molar-refractivity contribution in [3.63, 3.8) is 0 Å². The second-order valence-electron chi connectivity index (χ2n) is 7.02. The zero-order valence-electron chi connectivity index (χ0n) is 15.7. The maximum Gasteiger partial charge on any atom is 0.279 e. The van der Waals surface area contributed by atoms with E-state index in [9.17, 15) is 9.59 Å². The van der Waals surface area contributed by atoms with Crippen LogP contribution < -0.4 is 10.2 Å². The van der Waals surface area contributed by atoms with Crippen molar-refractivity contribution in [3.05, 3.63) is 64.2 Å². The number of amides is 2. The van der Waals surface area contributed by atoms with Crippen molar-refractivity contribution in [1.29, 1.82) is 0 Å². The third-order valence-corrected chi connectivity index (χ3v) is 5.35. The van der Waals surface area contributed by atoms with Gasteiger partial charge >= 0.3 is 0 Å². The van der Waals surface area contributed by atoms with Gasteiger partial charge in [-0.25, -0.2) is 0 Å². The monoisotopic (exact) mass is 386 g/mol. The molecular formula is C21H25ClN3O2+. The number of piperazine rings is 1. The van der Waals surface area contributed by atoms with Crippen LogP contribution in [0, 0.1) is 13.8 Å². The molecule has 1 fully saturated rings. The molecule has 0 unspecified atom stereocenters. The topological polar surface area (TPSA) is 53.9 Å². The van der Waals surface area contributed by atoms with Gasteiger partial charge in [0, 0.05) is 16.3 Å². The minimum absolute atomic E-state index is 0.00335. The molecule has 5 nitrogen and oxygen atoms in total. The van der Waals surface area contributed by atoms with Crippen molar-refractivity contribution >= 4 is 29.1 Å². The number of quaternary nitrogens is 1. The molecular weight excluding hydrogens is 362 g/mol. The lowest BCUT2D eigenvalue weighted by Gasteiger charge is -2.32. The van der Waals surface area contributed by atoms with Crippen LogP contribution in [0.2, 0.25) is 5.02 Å². The second-order valence-corrected chi connectivity index (χ2v) is 7.46. The standard InChI is InChI=1S/C21H24ClN3O2/c1-15-5-3-8-19(16(15)2)23-20(26)14-24-9-11-25(12-10-24)21(27)17-6-4-7-18(22)13-17/h3-8,13H,9-12,14H2,1-2H3,(H,23,26)/p+1. The Labute approximate surface area is 164 Å². The predicted octanol–water partition coefficient (Wildman–Crippen LogP) is 1.94. The van der Waals surface area contributed by atoms with Crippen LogP contribution in [0.3, 0.4) is 0 Å². The molecule has 0 atom stereocenters. The number of nitrogens with zero attached hydrogens (tertiary/aromatic N) is 1. The molecule has 27 heavy (non-hydrogen) atoms. The van der Waals surface area contributed by atoms with Gasteiger partial charge < -0.3 is 15.1 Å². The molecule has 0 bridgehead atoms. The molecule has 2 amide bonds. The number of nitrogens with one attached hydrogen (secondary N) is 2. The first-order valence-electron chi connectivity index (χ1n) is 9.18. The van der Waals surface area contributed by atoms with E-state index in [0.29, 0.717) is 30.2 Å². The van der Waals surface area contributed by atoms with Gasteiger partial charge in [-0.2, -0.15) is 0 Å². The van der Waals surface area contributed by atoms with Crippen LogP contribution in [0.4, 0.5) is 5.69 Å². The van der Waals surface area contributed by atoms with Crippen LogP contribution in [0.5, 0.6) is 0 Å². The molecule has 2 aromatic rings. The summed E-state index contributed by atoms with van der Waals surface area (Å²) in [6.07, 6.45) is 0. The fourth-order valence-electron chi connectivity index (χ4n) is 3.31. The van der Waals surface area contributed by atoms with Crippen LogP contribution in [-0.2, 0) is 4.79 Å². The lowest BCUT2D eigenvalue weighted by molar-refractivity contribution is -0.895. The van der Waals surface area contributed by atoms with Gasteiger partial charge in [-0.3, -0.25) is 9.59 Å². The molecule has 0 saturated carbocycles. The number of aryl methyl sites for hydroxylation is 1. The van der Waals surface area contributed by atoms with Crippen molar-refractivity contribution in [2.45, 2.75) is 13.8 Å². The van der Waals surface area contributed by atoms with Crippen LogP contribution in [-0.4, -0.2) is 49.4 Å². The molecule has 6 heteroatoms. The summed E-state index contributed by atoms with van der Waals surface area (Å²) in [7, 11) is 0. The van der Waals surface area contributed by atoms with E-state index in [-0.39, 0.29) is 11.8 Å². The van der Waals surface area contributed by atoms with E-state index in [1.165, 1.54) is 4.90 Å². The Morgan fingerprint density at radius 2 is 1.81 bits per heavy atom. The Morgan fingerprint density at radius 3 is 2.52 bits per heavy atom. The number of carbonyl (C=O) groups excluding carboxylic acids is 2. The normalized spacial score (nSPS) is 14.9. The van der Waals surface area contributed by atoms with E-state index in [0.717, 1.165) is 29.9 Å². The minimum atomic E-state index is -0.00335. The zero-order valence-corrected chi connectivity index (χ0v) is 16.5. The predicted molar refractivity (Wildman–Crippen MR) is 107 cm³/mol. The van der Waals surface area contributed by atoms with E-state index >= 15 is 0 Å². The first kappa shape index (κ1) is 19.4. The number of halogens is 1. The van der Waals surface area contributed by atoms with Gasteiger partial charge in [-0.1, -0.05) is 29.8 Å². The molecule has 2 N–H and O–H groups in total. The molecule has 1 aliphatic heterocycles. The highest BCUT2D eigenvalue weighted by atomic mass is 35.5. The molecule has 1 saturated heterocycles. The third kappa shape index (κ3) is 4.87. The number of benzene rings is 2. The van der Waals surface area contributed by atoms with Gasteiger partial charge in [0.1, 0.15) is 0 Å². The third-order valence-electron chi connectivity index (χ3n) is 5.12. The Morgan fingerprint density at radius 1 is 1.11 bits per heavy atom. The highest BCUT2D eigenvalue weighted by molar-refractivity contribution is 6.30. The first-order valence-corrected chi connectivity index (χ1v) is 9.56. The molecule has 1 aliphatic rings. The van der Waals surface area contributed by atoms with Crippen molar-refractivity contribution in [3.8, 4) is 0 Å². The lowest BCUT2D eigenvalue weighted by Crippen LogP contribution is -3.15. The molecule has 0 aliphatic carbocycles. The number of hydrogen-bond acceptors (Lipinski definition) is 2. The van der Waals surface area contributed by atoms with Crippen molar-refractivity contribution in [2.24, 2.45) is 0 Å². The summed E-state index contributed by atoms with van der Waals surface area (Å²) in [5.74, 6) is 0.00436. The van der Waals surface area contributed by atoms with Gasteiger partial charge in [0.25, 0.3) is 11.8 Å². The van der Waals surface area contributed by atoms with E-state index in [4.69, 9.17) is 11.6 Å². The van der Waals surface area contributed by atoms with Crippen molar-refractivity contribution in [2.75, 3.05) is 38.0 Å². The summed E-state index contributed by atoms with van der Waals surface area (Å²) in [5, 5.41) is 3.57. The largest absolute Gasteiger partial charge is 0.327 e. The quantitative estimate of drug-likeness (QED) is 0.843. The average molecular weight is 387 g/mol. The number of hydrogen-bond donors (Lipinski definition) is 2. The van der Waals surface area contributed by atoms with E-state index in [2.05, 4.69) is 5.32 Å². The number of anilines is 1. The lowest BCUT2D eigenvalue weighted by atomic mass is 10.1. The van der Waals surface area contributed by atoms with E-state index in [1.54, 1.807) is 24.3 Å². The molecule has 1 heterocycles. The summed E-state index contributed by atoms with van der Waals surface area (Å²) in [5.41, 5.74) is 3.74. The minimum Gasteiger partial charge on any atom is -0.327 e. The summed E-state index contributed by atoms with van der Waals surface area (Å²) < 4.78 is 0. The van der Waals surface area contributed by atoms with E-state index < -0.39 is 0 Å². The Kier molecular flexibility index (Phi) is 6.14. The average Bonchev–Trinajstić information content (AvgIpc) is 2.65. The first-order chi connectivity index (χ1) is 12.9. The number of rotatable bonds is 4. The van der Waals surface area contributed by atoms with Crippen molar-refractivity contribution < 1.29 is 14.5 Å². The summed E-state index contributed by atoms with van der Waals surface area (Å²) in [6, 6.07) is 12.9. The maximum absolute atomic E-state index is 12.6. The Balaban J connectivity index is 1.51. The number of carbonyl (C=O) groups is 2. The fourth-order valence-corrected chi connectivity index (χ4v) is 3.51. The molecule has 3 rings (SSSR count). The SMILES string of the molecule is Cc1cccc(NC(=O)C[NH+]2CCN(C(=O)c3cccc(Cl)c3)CC2)c1C. The molecule has 0 radical (unpaired) electrons. The van der Waals surface area contributed by atoms with Gasteiger partial charge in [-0.15, -0.1) is 0 Å². The zero-order chi connectivity index (χ0) is 19.4. The Bertz CT molecular complexity index is 845. The molecule has 0 spiro atoms. The molecule has 0 aromatic heterocycles. The van der Waals surface area contributed by atoms with Gasteiger partial charge in [0.05, 0.1) is 26.2 Å².